The first-order valence-corrected chi connectivity index (χ1v) is 6.31. The molecule has 0 aromatic carbocycles. The quantitative estimate of drug-likeness (QED) is 0.708. The Kier molecular flexibility index (Phi) is 4.78. The lowest BCUT2D eigenvalue weighted by atomic mass is 9.76. The Morgan fingerprint density at radius 2 is 2.12 bits per heavy atom. The maximum Gasteiger partial charge on any atom is 0.325 e. The number of nitrogens with one attached hydrogen (secondary N) is 1. The second-order valence-corrected chi connectivity index (χ2v) is 5.60. The second kappa shape index (κ2) is 5.67. The molecule has 0 radical (unpaired) electrons. The Labute approximate surface area is 98.9 Å². The van der Waals surface area contributed by atoms with Crippen LogP contribution in [0.25, 0.3) is 0 Å². The average Bonchev–Trinajstić information content (AvgIpc) is 2.19. The van der Waals surface area contributed by atoms with E-state index in [0.29, 0.717) is 11.8 Å². The fourth-order valence-corrected chi connectivity index (χ4v) is 2.16. The molecule has 1 rings (SSSR count). The Morgan fingerprint density at radius 3 is 2.50 bits per heavy atom. The first-order chi connectivity index (χ1) is 7.48. The maximum absolute atomic E-state index is 11.8. The van der Waals surface area contributed by atoms with E-state index in [1.165, 1.54) is 26.4 Å². The zero-order valence-electron chi connectivity index (χ0n) is 11.0. The molecule has 94 valence electrons. The Balaban J connectivity index is 2.54. The van der Waals surface area contributed by atoms with E-state index >= 15 is 0 Å². The highest BCUT2D eigenvalue weighted by molar-refractivity contribution is 5.80. The number of ether oxygens (including phenoxy) is 1. The largest absolute Gasteiger partial charge is 0.468 e. The lowest BCUT2D eigenvalue weighted by Gasteiger charge is -2.36. The molecule has 0 saturated heterocycles. The van der Waals surface area contributed by atoms with Crippen molar-refractivity contribution in [3.63, 3.8) is 0 Å². The van der Waals surface area contributed by atoms with Crippen LogP contribution in [0.15, 0.2) is 0 Å². The highest BCUT2D eigenvalue weighted by Gasteiger charge is 2.37. The van der Waals surface area contributed by atoms with Crippen LogP contribution in [0, 0.1) is 11.8 Å². The zero-order valence-corrected chi connectivity index (χ0v) is 11.0. The van der Waals surface area contributed by atoms with Crippen LogP contribution in [-0.2, 0) is 9.53 Å². The van der Waals surface area contributed by atoms with Gasteiger partial charge in [0.25, 0.3) is 0 Å². The smallest absolute Gasteiger partial charge is 0.325 e. The molecule has 1 unspecified atom stereocenters. The molecule has 1 aliphatic carbocycles. The summed E-state index contributed by atoms with van der Waals surface area (Å²) in [5, 5.41) is 3.37. The van der Waals surface area contributed by atoms with Gasteiger partial charge in [-0.1, -0.05) is 33.1 Å². The van der Waals surface area contributed by atoms with Crippen LogP contribution in [0.5, 0.6) is 0 Å². The van der Waals surface area contributed by atoms with Gasteiger partial charge in [-0.2, -0.15) is 0 Å². The van der Waals surface area contributed by atoms with Gasteiger partial charge in [0.15, 0.2) is 0 Å². The van der Waals surface area contributed by atoms with Crippen LogP contribution in [0.4, 0.5) is 0 Å². The summed E-state index contributed by atoms with van der Waals surface area (Å²) in [7, 11) is 1.47. The average molecular weight is 227 g/mol. The molecule has 0 aromatic rings. The molecular formula is C13H25NO2. The Bertz CT molecular complexity index is 236. The Hall–Kier alpha value is -0.570. The third kappa shape index (κ3) is 3.48. The third-order valence-corrected chi connectivity index (χ3v) is 3.46. The van der Waals surface area contributed by atoms with Crippen molar-refractivity contribution < 1.29 is 9.53 Å². The van der Waals surface area contributed by atoms with Crippen molar-refractivity contribution in [1.29, 1.82) is 0 Å². The highest BCUT2D eigenvalue weighted by atomic mass is 16.5. The van der Waals surface area contributed by atoms with Gasteiger partial charge in [0, 0.05) is 0 Å². The van der Waals surface area contributed by atoms with Crippen LogP contribution >= 0.6 is 0 Å². The minimum atomic E-state index is -0.496. The van der Waals surface area contributed by atoms with Gasteiger partial charge in [0.05, 0.1) is 7.11 Å². The monoisotopic (exact) mass is 227 g/mol. The van der Waals surface area contributed by atoms with E-state index in [1.54, 1.807) is 0 Å². The maximum atomic E-state index is 11.8. The predicted molar refractivity (Wildman–Crippen MR) is 65.2 cm³/mol. The Morgan fingerprint density at radius 1 is 1.50 bits per heavy atom. The van der Waals surface area contributed by atoms with Crippen molar-refractivity contribution in [2.45, 2.75) is 52.0 Å². The van der Waals surface area contributed by atoms with E-state index in [9.17, 15) is 4.79 Å². The molecule has 1 fully saturated rings. The van der Waals surface area contributed by atoms with E-state index in [2.05, 4.69) is 19.2 Å². The highest BCUT2D eigenvalue weighted by Crippen LogP contribution is 2.34. The van der Waals surface area contributed by atoms with Gasteiger partial charge in [0.2, 0.25) is 0 Å². The molecular weight excluding hydrogens is 202 g/mol. The summed E-state index contributed by atoms with van der Waals surface area (Å²) >= 11 is 0. The number of esters is 1. The molecule has 0 spiro atoms. The fraction of sp³-hybridized carbons (Fsp3) is 0.923. The molecule has 1 aliphatic rings. The number of methoxy groups -OCH3 is 1. The van der Waals surface area contributed by atoms with Crippen molar-refractivity contribution in [2.24, 2.45) is 11.8 Å². The van der Waals surface area contributed by atoms with E-state index in [4.69, 9.17) is 4.74 Å². The van der Waals surface area contributed by atoms with Gasteiger partial charge in [0.1, 0.15) is 5.54 Å². The lowest BCUT2D eigenvalue weighted by Crippen LogP contribution is -2.53. The summed E-state index contributed by atoms with van der Waals surface area (Å²) in [6.45, 7) is 7.12. The fourth-order valence-electron chi connectivity index (χ4n) is 2.16. The van der Waals surface area contributed by atoms with E-state index in [0.717, 1.165) is 13.0 Å². The van der Waals surface area contributed by atoms with Crippen LogP contribution < -0.4 is 5.32 Å². The molecule has 1 N–H and O–H groups in total. The normalized spacial score (nSPS) is 20.3. The molecule has 0 bridgehead atoms. The number of rotatable bonds is 6. The van der Waals surface area contributed by atoms with Crippen LogP contribution in [-0.4, -0.2) is 25.2 Å². The van der Waals surface area contributed by atoms with Gasteiger partial charge in [-0.3, -0.25) is 4.79 Å². The third-order valence-electron chi connectivity index (χ3n) is 3.46. The summed E-state index contributed by atoms with van der Waals surface area (Å²) in [5.74, 6) is 1.12. The number of hydrogen-bond acceptors (Lipinski definition) is 3. The van der Waals surface area contributed by atoms with Gasteiger partial charge < -0.3 is 10.1 Å². The lowest BCUT2D eigenvalue weighted by molar-refractivity contribution is -0.149. The molecule has 16 heavy (non-hydrogen) atoms. The number of hydrogen-bond donors (Lipinski definition) is 1. The summed E-state index contributed by atoms with van der Waals surface area (Å²) in [4.78, 5) is 11.8. The standard InChI is InChI=1S/C13H25NO2/c1-10(2)9-14-13(3,12(15)16-4)8-11-6-5-7-11/h10-11,14H,5-9H2,1-4H3. The van der Waals surface area contributed by atoms with Gasteiger partial charge in [-0.25, -0.2) is 0 Å². The van der Waals surface area contributed by atoms with Gasteiger partial charge >= 0.3 is 5.97 Å². The van der Waals surface area contributed by atoms with E-state index < -0.39 is 5.54 Å². The van der Waals surface area contributed by atoms with Crippen molar-refractivity contribution in [3.05, 3.63) is 0 Å². The molecule has 0 heterocycles. The van der Waals surface area contributed by atoms with Crippen molar-refractivity contribution in [2.75, 3.05) is 13.7 Å². The SMILES string of the molecule is COC(=O)C(C)(CC1CCC1)NCC(C)C. The van der Waals surface area contributed by atoms with E-state index in [-0.39, 0.29) is 5.97 Å². The second-order valence-electron chi connectivity index (χ2n) is 5.60. The molecule has 0 aliphatic heterocycles. The van der Waals surface area contributed by atoms with Crippen molar-refractivity contribution in [3.8, 4) is 0 Å². The van der Waals surface area contributed by atoms with Crippen LogP contribution in [0.2, 0.25) is 0 Å². The van der Waals surface area contributed by atoms with Crippen LogP contribution in [0.3, 0.4) is 0 Å². The molecule has 1 saturated carbocycles. The first-order valence-electron chi connectivity index (χ1n) is 6.31. The molecule has 0 amide bonds. The predicted octanol–water partition coefficient (Wildman–Crippen LogP) is 2.35. The summed E-state index contributed by atoms with van der Waals surface area (Å²) < 4.78 is 4.92. The van der Waals surface area contributed by atoms with Gasteiger partial charge in [-0.05, 0) is 31.7 Å². The van der Waals surface area contributed by atoms with Gasteiger partial charge in [-0.15, -0.1) is 0 Å². The topological polar surface area (TPSA) is 38.3 Å². The molecule has 1 atom stereocenters. The number of carbonyl (C=O) groups is 1. The molecule has 3 nitrogen and oxygen atoms in total. The molecule has 0 aromatic heterocycles. The first kappa shape index (κ1) is 13.5. The zero-order chi connectivity index (χ0) is 12.2. The summed E-state index contributed by atoms with van der Waals surface area (Å²) in [6.07, 6.45) is 4.74. The van der Waals surface area contributed by atoms with Crippen LogP contribution in [0.1, 0.15) is 46.5 Å². The molecule has 3 heteroatoms. The van der Waals surface area contributed by atoms with E-state index in [1.807, 2.05) is 6.92 Å². The van der Waals surface area contributed by atoms with Crippen molar-refractivity contribution >= 4 is 5.97 Å². The summed E-state index contributed by atoms with van der Waals surface area (Å²) in [6, 6.07) is 0. The minimum Gasteiger partial charge on any atom is -0.468 e. The minimum absolute atomic E-state index is 0.125. The number of carbonyl (C=O) groups excluding carboxylic acids is 1. The van der Waals surface area contributed by atoms with Crippen molar-refractivity contribution in [1.82, 2.24) is 5.32 Å². The summed E-state index contributed by atoms with van der Waals surface area (Å²) in [5.41, 5.74) is -0.496.